The van der Waals surface area contributed by atoms with Crippen molar-refractivity contribution in [1.82, 2.24) is 15.0 Å². The van der Waals surface area contributed by atoms with Crippen molar-refractivity contribution in [3.05, 3.63) is 59.7 Å². The molecule has 2 aliphatic rings. The summed E-state index contributed by atoms with van der Waals surface area (Å²) >= 11 is 0. The summed E-state index contributed by atoms with van der Waals surface area (Å²) in [5.41, 5.74) is 1.24. The second-order valence-corrected chi connectivity index (χ2v) is 10.7. The highest BCUT2D eigenvalue weighted by molar-refractivity contribution is 6.06. The van der Waals surface area contributed by atoms with E-state index in [-0.39, 0.29) is 11.6 Å². The Labute approximate surface area is 221 Å². The zero-order valence-corrected chi connectivity index (χ0v) is 22.2. The molecule has 0 saturated carbocycles. The zero-order valence-electron chi connectivity index (χ0n) is 22.2. The molecule has 0 spiro atoms. The number of amides is 1. The Bertz CT molecular complexity index is 1340. The predicted octanol–water partition coefficient (Wildman–Crippen LogP) is 3.71. The van der Waals surface area contributed by atoms with Gasteiger partial charge in [0.25, 0.3) is 5.91 Å². The summed E-state index contributed by atoms with van der Waals surface area (Å²) < 4.78 is 20.0. The lowest BCUT2D eigenvalue weighted by Crippen LogP contribution is -2.60. The summed E-state index contributed by atoms with van der Waals surface area (Å²) in [6.07, 6.45) is 3.18. The van der Waals surface area contributed by atoms with Gasteiger partial charge in [-0.05, 0) is 63.6 Å². The molecule has 0 aliphatic carbocycles. The van der Waals surface area contributed by atoms with Crippen molar-refractivity contribution in [2.45, 2.75) is 39.0 Å². The molecule has 0 bridgehead atoms. The van der Waals surface area contributed by atoms with Gasteiger partial charge in [0.1, 0.15) is 11.5 Å². The molecule has 10 heteroatoms. The number of hydrogen-bond acceptors (Lipinski definition) is 8. The molecule has 0 radical (unpaired) electrons. The molecular weight excluding hydrogens is 487 g/mol. The molecule has 2 aliphatic heterocycles. The van der Waals surface area contributed by atoms with Crippen molar-refractivity contribution in [1.29, 1.82) is 0 Å². The van der Waals surface area contributed by atoms with Crippen LogP contribution in [-0.4, -0.2) is 71.0 Å². The maximum absolute atomic E-state index is 14.5. The molecule has 5 heterocycles. The lowest BCUT2D eigenvalue weighted by molar-refractivity contribution is 0.0305. The van der Waals surface area contributed by atoms with Crippen LogP contribution >= 0.6 is 0 Å². The molecule has 200 valence electrons. The monoisotopic (exact) mass is 520 g/mol. The van der Waals surface area contributed by atoms with Crippen molar-refractivity contribution in [3.63, 3.8) is 0 Å². The molecule has 1 amide bonds. The fraction of sp³-hybridized carbons (Fsp3) is 0.429. The Morgan fingerprint density at radius 1 is 1.11 bits per heavy atom. The summed E-state index contributed by atoms with van der Waals surface area (Å²) in [5, 5.41) is 13.2. The van der Waals surface area contributed by atoms with E-state index in [1.807, 2.05) is 30.0 Å². The van der Waals surface area contributed by atoms with Crippen LogP contribution in [0.5, 0.6) is 0 Å². The number of rotatable bonds is 6. The zero-order chi connectivity index (χ0) is 27.1. The minimum absolute atomic E-state index is 0.190. The fourth-order valence-corrected chi connectivity index (χ4v) is 4.78. The van der Waals surface area contributed by atoms with Crippen molar-refractivity contribution >= 4 is 23.2 Å². The molecule has 5 rings (SSSR count). The Morgan fingerprint density at radius 2 is 1.82 bits per heavy atom. The first-order valence-corrected chi connectivity index (χ1v) is 12.8. The number of hydrogen-bond donors (Lipinski definition) is 2. The topological polar surface area (TPSA) is 104 Å². The van der Waals surface area contributed by atoms with E-state index >= 15 is 0 Å². The van der Waals surface area contributed by atoms with E-state index in [1.54, 1.807) is 19.2 Å². The summed E-state index contributed by atoms with van der Waals surface area (Å²) in [5.74, 6) is 1.06. The normalized spacial score (nSPS) is 17.2. The van der Waals surface area contributed by atoms with E-state index in [0.29, 0.717) is 56.5 Å². The van der Waals surface area contributed by atoms with Gasteiger partial charge >= 0.3 is 0 Å². The van der Waals surface area contributed by atoms with Gasteiger partial charge in [-0.2, -0.15) is 0 Å². The molecule has 9 nitrogen and oxygen atoms in total. The van der Waals surface area contributed by atoms with Crippen LogP contribution < -0.4 is 15.1 Å². The highest BCUT2D eigenvalue weighted by Gasteiger charge is 2.37. The molecule has 2 saturated heterocycles. The van der Waals surface area contributed by atoms with Gasteiger partial charge in [0.15, 0.2) is 5.82 Å². The first-order chi connectivity index (χ1) is 18.0. The quantitative estimate of drug-likeness (QED) is 0.507. The number of pyridine rings is 3. The highest BCUT2D eigenvalue weighted by atomic mass is 19.1. The predicted molar refractivity (Wildman–Crippen MR) is 144 cm³/mol. The number of carbonyl (C=O) groups excluding carboxylic acids is 1. The maximum atomic E-state index is 14.5. The van der Waals surface area contributed by atoms with Gasteiger partial charge in [0, 0.05) is 55.4 Å². The summed E-state index contributed by atoms with van der Waals surface area (Å²) in [6, 6.07) is 8.85. The lowest BCUT2D eigenvalue weighted by Gasteiger charge is -2.45. The van der Waals surface area contributed by atoms with Gasteiger partial charge < -0.3 is 25.0 Å². The summed E-state index contributed by atoms with van der Waals surface area (Å²) in [6.45, 7) is 10.0. The van der Waals surface area contributed by atoms with E-state index in [9.17, 15) is 14.3 Å². The SMILES string of the molecule is Cc1nc(N2CCOCC2)c(NC(=O)c2ccnc(C(C)(C)F)c2)cc1-c1ccnc(N2CC(C)(O)C2)c1. The van der Waals surface area contributed by atoms with E-state index in [0.717, 1.165) is 22.6 Å². The van der Waals surface area contributed by atoms with Crippen LogP contribution in [0.4, 0.5) is 21.7 Å². The molecule has 0 aromatic carbocycles. The molecule has 0 atom stereocenters. The number of aliphatic hydroxyl groups is 1. The van der Waals surface area contributed by atoms with Crippen LogP contribution in [0.2, 0.25) is 0 Å². The van der Waals surface area contributed by atoms with E-state index < -0.39 is 11.3 Å². The number of ether oxygens (including phenoxy) is 1. The first-order valence-electron chi connectivity index (χ1n) is 12.8. The number of nitrogens with one attached hydrogen (secondary N) is 1. The van der Waals surface area contributed by atoms with Crippen LogP contribution in [0.1, 0.15) is 42.5 Å². The summed E-state index contributed by atoms with van der Waals surface area (Å²) in [7, 11) is 0. The molecule has 2 N–H and O–H groups in total. The number of carbonyl (C=O) groups is 1. The molecule has 2 fully saturated rings. The van der Waals surface area contributed by atoms with Crippen LogP contribution in [0, 0.1) is 6.92 Å². The molecule has 38 heavy (non-hydrogen) atoms. The van der Waals surface area contributed by atoms with Crippen LogP contribution in [-0.2, 0) is 10.4 Å². The van der Waals surface area contributed by atoms with Crippen LogP contribution in [0.15, 0.2) is 42.7 Å². The molecule has 3 aromatic heterocycles. The van der Waals surface area contributed by atoms with Crippen LogP contribution in [0.25, 0.3) is 11.1 Å². The smallest absolute Gasteiger partial charge is 0.255 e. The number of alkyl halides is 1. The van der Waals surface area contributed by atoms with Gasteiger partial charge in [-0.25, -0.2) is 14.4 Å². The minimum atomic E-state index is -1.67. The average molecular weight is 521 g/mol. The van der Waals surface area contributed by atoms with Crippen molar-refractivity contribution < 1.29 is 19.0 Å². The van der Waals surface area contributed by atoms with Gasteiger partial charge in [-0.1, -0.05) is 0 Å². The fourth-order valence-electron chi connectivity index (χ4n) is 4.78. The Morgan fingerprint density at radius 3 is 2.50 bits per heavy atom. The number of aryl methyl sites for hydroxylation is 1. The van der Waals surface area contributed by atoms with E-state index in [1.165, 1.54) is 26.1 Å². The number of halogens is 1. The van der Waals surface area contributed by atoms with Crippen molar-refractivity contribution in [3.8, 4) is 11.1 Å². The first kappa shape index (κ1) is 26.0. The van der Waals surface area contributed by atoms with Crippen LogP contribution in [0.3, 0.4) is 0 Å². The third kappa shape index (κ3) is 5.46. The Balaban J connectivity index is 1.51. The lowest BCUT2D eigenvalue weighted by atomic mass is 9.96. The van der Waals surface area contributed by atoms with Gasteiger partial charge in [-0.3, -0.25) is 9.78 Å². The molecular formula is C28H33FN6O3. The summed E-state index contributed by atoms with van der Waals surface area (Å²) in [4.78, 5) is 30.9. The number of aromatic nitrogens is 3. The minimum Gasteiger partial charge on any atom is -0.386 e. The van der Waals surface area contributed by atoms with Gasteiger partial charge in [0.2, 0.25) is 0 Å². The number of β-amino-alcohol motifs (C(OH)–C–C–N with tert-alkyl or cyclic N) is 1. The average Bonchev–Trinajstić information content (AvgIpc) is 2.88. The van der Waals surface area contributed by atoms with E-state index in [2.05, 4.69) is 20.2 Å². The molecule has 3 aromatic rings. The number of anilines is 3. The Kier molecular flexibility index (Phi) is 6.79. The highest BCUT2D eigenvalue weighted by Crippen LogP contribution is 2.35. The largest absolute Gasteiger partial charge is 0.386 e. The number of morpholine rings is 1. The van der Waals surface area contributed by atoms with Crippen molar-refractivity contribution in [2.75, 3.05) is 54.5 Å². The second-order valence-electron chi connectivity index (χ2n) is 10.7. The van der Waals surface area contributed by atoms with Crippen molar-refractivity contribution in [2.24, 2.45) is 0 Å². The third-order valence-corrected chi connectivity index (χ3v) is 6.83. The maximum Gasteiger partial charge on any atom is 0.255 e. The van der Waals surface area contributed by atoms with Gasteiger partial charge in [-0.15, -0.1) is 0 Å². The molecule has 0 unspecified atom stereocenters. The number of nitrogens with zero attached hydrogens (tertiary/aromatic N) is 5. The second kappa shape index (κ2) is 9.92. The van der Waals surface area contributed by atoms with Gasteiger partial charge in [0.05, 0.1) is 30.2 Å². The van der Waals surface area contributed by atoms with E-state index in [4.69, 9.17) is 9.72 Å². The Hall–Kier alpha value is -3.63. The standard InChI is InChI=1S/C28H33FN6O3/c1-18-21(19-5-8-31-24(14-19)35-16-28(4,37)17-35)15-22(25(32-18)34-9-11-38-12-10-34)33-26(36)20-6-7-30-23(13-20)27(2,3)29/h5-8,13-15,37H,9-12,16-17H2,1-4H3,(H,33,36). The third-order valence-electron chi connectivity index (χ3n) is 6.83.